The number of unbranched alkanes of at least 4 members (excludes halogenated alkanes) is 31. The molecule has 0 spiro atoms. The monoisotopic (exact) mass is 863 g/mol. The first kappa shape index (κ1) is 59.4. The first-order valence-corrected chi connectivity index (χ1v) is 27.1. The molecule has 0 N–H and O–H groups in total. The van der Waals surface area contributed by atoms with Crippen LogP contribution in [0.4, 0.5) is 0 Å². The highest BCUT2D eigenvalue weighted by Crippen LogP contribution is 2.18. The van der Waals surface area contributed by atoms with Gasteiger partial charge in [0, 0.05) is 19.3 Å². The molecule has 0 saturated heterocycles. The Balaban J connectivity index is 4.21. The normalized spacial score (nSPS) is 12.1. The molecule has 6 heteroatoms. The zero-order chi connectivity index (χ0) is 44.9. The number of carbonyl (C=O) groups excluding carboxylic acids is 3. The van der Waals surface area contributed by atoms with E-state index in [1.54, 1.807) is 0 Å². The highest BCUT2D eigenvalue weighted by atomic mass is 16.6. The number of ether oxygens (including phenoxy) is 3. The van der Waals surface area contributed by atoms with Crippen LogP contribution in [0.3, 0.4) is 0 Å². The Morgan fingerprint density at radius 1 is 0.279 bits per heavy atom. The standard InChI is InChI=1S/C55H106O6/c1-49(2)41-35-29-23-19-15-13-11-9-7-8-10-12-14-16-22-26-34-40-46-55(58)61-52(48-60-54(57)45-39-33-28-27-31-37-43-51(5)6)47-59-53(56)44-38-32-25-21-18-17-20-24-30-36-42-50(3)4/h49-52H,7-48H2,1-6H3/t52-/m0/s1. The van der Waals surface area contributed by atoms with Crippen LogP contribution < -0.4 is 0 Å². The predicted molar refractivity (Wildman–Crippen MR) is 261 cm³/mol. The molecule has 0 fully saturated rings. The quantitative estimate of drug-likeness (QED) is 0.0344. The average Bonchev–Trinajstić information content (AvgIpc) is 3.22. The third-order valence-electron chi connectivity index (χ3n) is 12.4. The SMILES string of the molecule is CC(C)CCCCCCCCCCCCCCCCCCCCC(=O)O[C@@H](COC(=O)CCCCCCCCCCCCC(C)C)COC(=O)CCCCCCCCC(C)C. The molecule has 0 aromatic carbocycles. The molecule has 362 valence electrons. The number of carbonyl (C=O) groups is 3. The van der Waals surface area contributed by atoms with Crippen molar-refractivity contribution in [2.75, 3.05) is 13.2 Å². The van der Waals surface area contributed by atoms with Crippen molar-refractivity contribution < 1.29 is 28.6 Å². The summed E-state index contributed by atoms with van der Waals surface area (Å²) in [6, 6.07) is 0. The lowest BCUT2D eigenvalue weighted by atomic mass is 10.0. The number of esters is 3. The summed E-state index contributed by atoms with van der Waals surface area (Å²) in [5, 5.41) is 0. The molecule has 0 unspecified atom stereocenters. The minimum absolute atomic E-state index is 0.0653. The maximum atomic E-state index is 12.8. The topological polar surface area (TPSA) is 78.9 Å². The number of hydrogen-bond donors (Lipinski definition) is 0. The van der Waals surface area contributed by atoms with E-state index in [1.165, 1.54) is 180 Å². The van der Waals surface area contributed by atoms with E-state index in [4.69, 9.17) is 14.2 Å². The van der Waals surface area contributed by atoms with Gasteiger partial charge in [0.2, 0.25) is 0 Å². The maximum absolute atomic E-state index is 12.8. The molecule has 0 amide bonds. The van der Waals surface area contributed by atoms with E-state index in [9.17, 15) is 14.4 Å². The third-order valence-corrected chi connectivity index (χ3v) is 12.4. The van der Waals surface area contributed by atoms with Gasteiger partial charge >= 0.3 is 17.9 Å². The van der Waals surface area contributed by atoms with Crippen LogP contribution in [0.2, 0.25) is 0 Å². The van der Waals surface area contributed by atoms with Crippen molar-refractivity contribution in [1.82, 2.24) is 0 Å². The van der Waals surface area contributed by atoms with Crippen molar-refractivity contribution in [3.8, 4) is 0 Å². The average molecular weight is 863 g/mol. The Morgan fingerprint density at radius 2 is 0.475 bits per heavy atom. The Kier molecular flexibility index (Phi) is 45.2. The van der Waals surface area contributed by atoms with Crippen molar-refractivity contribution in [3.05, 3.63) is 0 Å². The van der Waals surface area contributed by atoms with E-state index in [0.717, 1.165) is 75.5 Å². The van der Waals surface area contributed by atoms with Crippen LogP contribution in [-0.4, -0.2) is 37.2 Å². The van der Waals surface area contributed by atoms with Gasteiger partial charge in [-0.15, -0.1) is 0 Å². The molecular weight excluding hydrogens is 757 g/mol. The second kappa shape index (κ2) is 46.4. The Hall–Kier alpha value is -1.59. The minimum atomic E-state index is -0.763. The van der Waals surface area contributed by atoms with E-state index in [1.807, 2.05) is 0 Å². The summed E-state index contributed by atoms with van der Waals surface area (Å²) in [5.41, 5.74) is 0. The van der Waals surface area contributed by atoms with Crippen molar-refractivity contribution in [3.63, 3.8) is 0 Å². The zero-order valence-corrected chi connectivity index (χ0v) is 42.0. The van der Waals surface area contributed by atoms with Gasteiger partial charge in [-0.05, 0) is 37.0 Å². The van der Waals surface area contributed by atoms with Gasteiger partial charge in [-0.2, -0.15) is 0 Å². The van der Waals surface area contributed by atoms with Gasteiger partial charge in [-0.25, -0.2) is 0 Å². The van der Waals surface area contributed by atoms with E-state index in [2.05, 4.69) is 41.5 Å². The largest absolute Gasteiger partial charge is 0.462 e. The molecule has 0 saturated carbocycles. The van der Waals surface area contributed by atoms with Gasteiger partial charge in [0.05, 0.1) is 0 Å². The van der Waals surface area contributed by atoms with Crippen LogP contribution in [0.15, 0.2) is 0 Å². The summed E-state index contributed by atoms with van der Waals surface area (Å²) >= 11 is 0. The molecule has 0 rings (SSSR count). The first-order valence-electron chi connectivity index (χ1n) is 27.1. The summed E-state index contributed by atoms with van der Waals surface area (Å²) in [7, 11) is 0. The Labute approximate surface area is 380 Å². The predicted octanol–water partition coefficient (Wildman–Crippen LogP) is 17.6. The highest BCUT2D eigenvalue weighted by molar-refractivity contribution is 5.71. The lowest BCUT2D eigenvalue weighted by Gasteiger charge is -2.18. The van der Waals surface area contributed by atoms with Gasteiger partial charge in [-0.1, -0.05) is 260 Å². The molecule has 6 nitrogen and oxygen atoms in total. The summed E-state index contributed by atoms with van der Waals surface area (Å²) < 4.78 is 16.8. The third kappa shape index (κ3) is 49.3. The maximum Gasteiger partial charge on any atom is 0.306 e. The van der Waals surface area contributed by atoms with E-state index >= 15 is 0 Å². The van der Waals surface area contributed by atoms with Crippen LogP contribution in [-0.2, 0) is 28.6 Å². The second-order valence-corrected chi connectivity index (χ2v) is 20.3. The van der Waals surface area contributed by atoms with Crippen molar-refractivity contribution in [2.45, 2.75) is 304 Å². The molecule has 0 aliphatic rings. The smallest absolute Gasteiger partial charge is 0.306 e. The Morgan fingerprint density at radius 3 is 0.705 bits per heavy atom. The molecule has 0 heterocycles. The van der Waals surface area contributed by atoms with Gasteiger partial charge < -0.3 is 14.2 Å². The summed E-state index contributed by atoms with van der Waals surface area (Å²) in [6.45, 7) is 13.7. The molecule has 0 aromatic heterocycles. The molecule has 0 aliphatic heterocycles. The first-order chi connectivity index (χ1) is 29.6. The summed E-state index contributed by atoms with van der Waals surface area (Å²) in [6.07, 6.45) is 46.9. The van der Waals surface area contributed by atoms with E-state index in [-0.39, 0.29) is 31.1 Å². The summed E-state index contributed by atoms with van der Waals surface area (Å²) in [5.74, 6) is 1.58. The van der Waals surface area contributed by atoms with Gasteiger partial charge in [-0.3, -0.25) is 14.4 Å². The van der Waals surface area contributed by atoms with Crippen LogP contribution in [0.25, 0.3) is 0 Å². The van der Waals surface area contributed by atoms with Crippen molar-refractivity contribution in [2.24, 2.45) is 17.8 Å². The molecule has 0 aliphatic carbocycles. The van der Waals surface area contributed by atoms with Crippen LogP contribution in [0.5, 0.6) is 0 Å². The molecule has 0 aromatic rings. The molecule has 1 atom stereocenters. The van der Waals surface area contributed by atoms with Crippen molar-refractivity contribution >= 4 is 17.9 Å². The highest BCUT2D eigenvalue weighted by Gasteiger charge is 2.19. The summed E-state index contributed by atoms with van der Waals surface area (Å²) in [4.78, 5) is 37.9. The molecule has 0 bridgehead atoms. The molecule has 0 radical (unpaired) electrons. The Bertz CT molecular complexity index is 945. The van der Waals surface area contributed by atoms with Crippen LogP contribution in [0.1, 0.15) is 298 Å². The van der Waals surface area contributed by atoms with Gasteiger partial charge in [0.25, 0.3) is 0 Å². The number of rotatable bonds is 48. The van der Waals surface area contributed by atoms with Crippen LogP contribution >= 0.6 is 0 Å². The van der Waals surface area contributed by atoms with Crippen LogP contribution in [0, 0.1) is 17.8 Å². The van der Waals surface area contributed by atoms with Crippen molar-refractivity contribution in [1.29, 1.82) is 0 Å². The minimum Gasteiger partial charge on any atom is -0.462 e. The lowest BCUT2D eigenvalue weighted by Crippen LogP contribution is -2.30. The van der Waals surface area contributed by atoms with E-state index in [0.29, 0.717) is 19.3 Å². The zero-order valence-electron chi connectivity index (χ0n) is 42.0. The number of hydrogen-bond acceptors (Lipinski definition) is 6. The van der Waals surface area contributed by atoms with E-state index < -0.39 is 6.10 Å². The molecular formula is C55H106O6. The fourth-order valence-electron chi connectivity index (χ4n) is 8.29. The fourth-order valence-corrected chi connectivity index (χ4v) is 8.29. The fraction of sp³-hybridized carbons (Fsp3) is 0.945. The van der Waals surface area contributed by atoms with Gasteiger partial charge in [0.15, 0.2) is 6.10 Å². The lowest BCUT2D eigenvalue weighted by molar-refractivity contribution is -0.167. The van der Waals surface area contributed by atoms with Gasteiger partial charge in [0.1, 0.15) is 13.2 Å². The second-order valence-electron chi connectivity index (χ2n) is 20.3. The molecule has 61 heavy (non-hydrogen) atoms.